The van der Waals surface area contributed by atoms with Crippen molar-refractivity contribution in [2.24, 2.45) is 0 Å². The third-order valence-electron chi connectivity index (χ3n) is 4.29. The van der Waals surface area contributed by atoms with Crippen molar-refractivity contribution in [1.82, 2.24) is 10.1 Å². The summed E-state index contributed by atoms with van der Waals surface area (Å²) in [5.74, 6) is 0.503. The minimum absolute atomic E-state index is 0.164. The van der Waals surface area contributed by atoms with Gasteiger partial charge in [0.05, 0.1) is 7.11 Å². The Morgan fingerprint density at radius 1 is 1.27 bits per heavy atom. The van der Waals surface area contributed by atoms with E-state index in [2.05, 4.69) is 15.5 Å². The SMILES string of the molecule is CCCCC(OC(=O)c1csc(-c2ccc(OC)cc2)n1)C(=O)Nc1cc(C)on1. The zero-order chi connectivity index (χ0) is 21.5. The van der Waals surface area contributed by atoms with Gasteiger partial charge in [0.1, 0.15) is 16.5 Å². The van der Waals surface area contributed by atoms with Gasteiger partial charge in [-0.05, 0) is 44.0 Å². The number of unbranched alkanes of at least 4 members (excludes halogenated alkanes) is 1. The number of anilines is 1. The van der Waals surface area contributed by atoms with E-state index in [9.17, 15) is 9.59 Å². The van der Waals surface area contributed by atoms with Crippen LogP contribution in [0.15, 0.2) is 40.2 Å². The molecule has 3 aromatic rings. The lowest BCUT2D eigenvalue weighted by molar-refractivity contribution is -0.125. The van der Waals surface area contributed by atoms with E-state index in [0.29, 0.717) is 17.2 Å². The van der Waals surface area contributed by atoms with Gasteiger partial charge in [-0.25, -0.2) is 9.78 Å². The average Bonchev–Trinajstić information content (AvgIpc) is 3.40. The summed E-state index contributed by atoms with van der Waals surface area (Å²) in [6.45, 7) is 3.72. The first kappa shape index (κ1) is 21.5. The fraction of sp³-hybridized carbons (Fsp3) is 0.333. The van der Waals surface area contributed by atoms with Crippen molar-refractivity contribution in [3.63, 3.8) is 0 Å². The molecule has 0 spiro atoms. The highest BCUT2D eigenvalue weighted by molar-refractivity contribution is 7.13. The Morgan fingerprint density at radius 2 is 2.03 bits per heavy atom. The molecule has 2 heterocycles. The lowest BCUT2D eigenvalue weighted by atomic mass is 10.1. The van der Waals surface area contributed by atoms with Gasteiger partial charge >= 0.3 is 5.97 Å². The molecule has 0 saturated carbocycles. The fourth-order valence-electron chi connectivity index (χ4n) is 2.69. The lowest BCUT2D eigenvalue weighted by Crippen LogP contribution is -2.32. The van der Waals surface area contributed by atoms with Gasteiger partial charge in [0.15, 0.2) is 17.6 Å². The summed E-state index contributed by atoms with van der Waals surface area (Å²) in [4.78, 5) is 29.6. The molecular formula is C21H23N3O5S. The molecule has 1 amide bonds. The van der Waals surface area contributed by atoms with Gasteiger partial charge in [0.25, 0.3) is 5.91 Å². The first-order valence-corrected chi connectivity index (χ1v) is 10.4. The number of hydrogen-bond donors (Lipinski definition) is 1. The molecular weight excluding hydrogens is 406 g/mol. The van der Waals surface area contributed by atoms with Crippen molar-refractivity contribution in [3.05, 3.63) is 47.2 Å². The molecule has 2 aromatic heterocycles. The number of methoxy groups -OCH3 is 1. The van der Waals surface area contributed by atoms with Crippen LogP contribution in [0.5, 0.6) is 5.75 Å². The number of amides is 1. The molecule has 0 radical (unpaired) electrons. The first-order chi connectivity index (χ1) is 14.5. The van der Waals surface area contributed by atoms with E-state index in [1.165, 1.54) is 11.3 Å². The standard InChI is InChI=1S/C21H23N3O5S/c1-4-5-6-17(19(25)23-18-11-13(2)29-24-18)28-21(26)16-12-30-20(22-16)14-7-9-15(27-3)10-8-14/h7-12,17H,4-6H2,1-3H3,(H,23,24,25). The van der Waals surface area contributed by atoms with Crippen LogP contribution in [-0.4, -0.2) is 35.2 Å². The summed E-state index contributed by atoms with van der Waals surface area (Å²) < 4.78 is 15.6. The fourth-order valence-corrected chi connectivity index (χ4v) is 3.48. The molecule has 0 saturated heterocycles. The molecule has 1 unspecified atom stereocenters. The Morgan fingerprint density at radius 3 is 2.67 bits per heavy atom. The zero-order valence-corrected chi connectivity index (χ0v) is 17.8. The van der Waals surface area contributed by atoms with Gasteiger partial charge in [0.2, 0.25) is 0 Å². The molecule has 30 heavy (non-hydrogen) atoms. The smallest absolute Gasteiger partial charge is 0.358 e. The second-order valence-corrected chi connectivity index (χ2v) is 7.47. The van der Waals surface area contributed by atoms with Gasteiger partial charge in [-0.1, -0.05) is 18.5 Å². The summed E-state index contributed by atoms with van der Waals surface area (Å²) in [6, 6.07) is 8.98. The Hall–Kier alpha value is -3.20. The van der Waals surface area contributed by atoms with Gasteiger partial charge in [0, 0.05) is 17.0 Å². The normalized spacial score (nSPS) is 11.7. The first-order valence-electron chi connectivity index (χ1n) is 9.55. The molecule has 0 aliphatic heterocycles. The molecule has 0 fully saturated rings. The van der Waals surface area contributed by atoms with Crippen molar-refractivity contribution in [2.75, 3.05) is 12.4 Å². The Labute approximate surface area is 178 Å². The van der Waals surface area contributed by atoms with Gasteiger partial charge in [-0.3, -0.25) is 4.79 Å². The van der Waals surface area contributed by atoms with Crippen LogP contribution in [0.4, 0.5) is 5.82 Å². The number of carbonyl (C=O) groups excluding carboxylic acids is 2. The molecule has 1 N–H and O–H groups in total. The van der Waals surface area contributed by atoms with Crippen LogP contribution >= 0.6 is 11.3 Å². The average molecular weight is 429 g/mol. The molecule has 3 rings (SSSR count). The number of rotatable bonds is 9. The van der Waals surface area contributed by atoms with E-state index in [-0.39, 0.29) is 11.5 Å². The number of thiazole rings is 1. The molecule has 158 valence electrons. The highest BCUT2D eigenvalue weighted by atomic mass is 32.1. The predicted molar refractivity (Wildman–Crippen MR) is 113 cm³/mol. The number of carbonyl (C=O) groups is 2. The van der Waals surface area contributed by atoms with Gasteiger partial charge < -0.3 is 19.3 Å². The van der Waals surface area contributed by atoms with Crippen LogP contribution in [0.2, 0.25) is 0 Å². The molecule has 8 nitrogen and oxygen atoms in total. The third kappa shape index (κ3) is 5.44. The topological polar surface area (TPSA) is 104 Å². The molecule has 0 aliphatic rings. The third-order valence-corrected chi connectivity index (χ3v) is 5.18. The Kier molecular flexibility index (Phi) is 7.18. The van der Waals surface area contributed by atoms with Crippen LogP contribution < -0.4 is 10.1 Å². The maximum Gasteiger partial charge on any atom is 0.358 e. The Bertz CT molecular complexity index is 996. The summed E-state index contributed by atoms with van der Waals surface area (Å²) in [5, 5.41) is 8.66. The Balaban J connectivity index is 1.68. The van der Waals surface area contributed by atoms with E-state index in [1.807, 2.05) is 31.2 Å². The minimum Gasteiger partial charge on any atom is -0.497 e. The lowest BCUT2D eigenvalue weighted by Gasteiger charge is -2.16. The number of aryl methyl sites for hydroxylation is 1. The van der Waals surface area contributed by atoms with Crippen LogP contribution in [0.3, 0.4) is 0 Å². The number of esters is 1. The zero-order valence-electron chi connectivity index (χ0n) is 17.0. The van der Waals surface area contributed by atoms with Crippen molar-refractivity contribution in [3.8, 4) is 16.3 Å². The van der Waals surface area contributed by atoms with E-state index in [0.717, 1.165) is 24.2 Å². The number of ether oxygens (including phenoxy) is 2. The summed E-state index contributed by atoms with van der Waals surface area (Å²) in [7, 11) is 1.60. The number of hydrogen-bond acceptors (Lipinski definition) is 8. The number of aromatic nitrogens is 2. The highest BCUT2D eigenvalue weighted by Crippen LogP contribution is 2.26. The second kappa shape index (κ2) is 10.0. The molecule has 9 heteroatoms. The molecule has 0 aliphatic carbocycles. The number of nitrogens with one attached hydrogen (secondary N) is 1. The van der Waals surface area contributed by atoms with Crippen molar-refractivity contribution in [1.29, 1.82) is 0 Å². The monoisotopic (exact) mass is 429 g/mol. The second-order valence-electron chi connectivity index (χ2n) is 6.61. The van der Waals surface area contributed by atoms with E-state index in [1.54, 1.807) is 25.5 Å². The molecule has 0 bridgehead atoms. The molecule has 1 aromatic carbocycles. The largest absolute Gasteiger partial charge is 0.497 e. The number of benzene rings is 1. The molecule has 1 atom stereocenters. The minimum atomic E-state index is -0.944. The quantitative estimate of drug-likeness (QED) is 0.501. The summed E-state index contributed by atoms with van der Waals surface area (Å²) in [6.07, 6.45) is 1.06. The van der Waals surface area contributed by atoms with Crippen molar-refractivity contribution >= 4 is 29.0 Å². The van der Waals surface area contributed by atoms with E-state index >= 15 is 0 Å². The van der Waals surface area contributed by atoms with E-state index in [4.69, 9.17) is 14.0 Å². The number of nitrogens with zero attached hydrogens (tertiary/aromatic N) is 2. The van der Waals surface area contributed by atoms with Crippen LogP contribution in [0, 0.1) is 6.92 Å². The maximum atomic E-state index is 12.6. The van der Waals surface area contributed by atoms with Crippen LogP contribution in [0.25, 0.3) is 10.6 Å². The highest BCUT2D eigenvalue weighted by Gasteiger charge is 2.25. The van der Waals surface area contributed by atoms with Gasteiger partial charge in [-0.15, -0.1) is 11.3 Å². The predicted octanol–water partition coefficient (Wildman–Crippen LogP) is 4.47. The van der Waals surface area contributed by atoms with Gasteiger partial charge in [-0.2, -0.15) is 0 Å². The summed E-state index contributed by atoms with van der Waals surface area (Å²) in [5.41, 5.74) is 1.03. The van der Waals surface area contributed by atoms with E-state index < -0.39 is 18.0 Å². The van der Waals surface area contributed by atoms with Crippen molar-refractivity contribution in [2.45, 2.75) is 39.2 Å². The maximum absolute atomic E-state index is 12.6. The van der Waals surface area contributed by atoms with Crippen LogP contribution in [0.1, 0.15) is 42.4 Å². The van der Waals surface area contributed by atoms with Crippen LogP contribution in [-0.2, 0) is 9.53 Å². The summed E-state index contributed by atoms with van der Waals surface area (Å²) >= 11 is 1.33. The van der Waals surface area contributed by atoms with Crippen molar-refractivity contribution < 1.29 is 23.6 Å².